The van der Waals surface area contributed by atoms with Crippen LogP contribution in [0.5, 0.6) is 0 Å². The van der Waals surface area contributed by atoms with Crippen molar-refractivity contribution >= 4 is 18.0 Å². The second-order valence-corrected chi connectivity index (χ2v) is 16.8. The van der Waals surface area contributed by atoms with E-state index in [4.69, 9.17) is 4.74 Å². The van der Waals surface area contributed by atoms with Crippen molar-refractivity contribution in [2.75, 3.05) is 0 Å². The van der Waals surface area contributed by atoms with Crippen LogP contribution in [0.25, 0.3) is 6.08 Å². The van der Waals surface area contributed by atoms with Crippen LogP contribution >= 0.6 is 0 Å². The molecule has 0 aliphatic heterocycles. The van der Waals surface area contributed by atoms with Crippen molar-refractivity contribution in [2.45, 2.75) is 112 Å². The molecule has 5 aliphatic carbocycles. The number of benzene rings is 1. The number of carbonyl (C=O) groups is 2. The summed E-state index contributed by atoms with van der Waals surface area (Å²) >= 11 is 0. The highest BCUT2D eigenvalue weighted by molar-refractivity contribution is 5.87. The van der Waals surface area contributed by atoms with Crippen LogP contribution in [0.15, 0.2) is 48.1 Å². The van der Waals surface area contributed by atoms with E-state index in [0.717, 1.165) is 56.9 Å². The van der Waals surface area contributed by atoms with Gasteiger partial charge >= 0.3 is 11.9 Å². The number of aliphatic carboxylic acids is 1. The Labute approximate surface area is 258 Å². The van der Waals surface area contributed by atoms with Gasteiger partial charge in [-0.05, 0) is 109 Å². The van der Waals surface area contributed by atoms with Gasteiger partial charge in [0, 0.05) is 11.5 Å². The topological polar surface area (TPSA) is 83.8 Å². The first-order valence-corrected chi connectivity index (χ1v) is 16.7. The van der Waals surface area contributed by atoms with E-state index in [-0.39, 0.29) is 27.6 Å². The fourth-order valence-corrected chi connectivity index (χ4v) is 11.5. The van der Waals surface area contributed by atoms with Gasteiger partial charge in [-0.25, -0.2) is 4.79 Å². The van der Waals surface area contributed by atoms with Crippen molar-refractivity contribution in [1.82, 2.24) is 0 Å². The van der Waals surface area contributed by atoms with Crippen molar-refractivity contribution in [3.8, 4) is 0 Å². The molecule has 5 nitrogen and oxygen atoms in total. The maximum atomic E-state index is 13.0. The molecule has 1 aromatic carbocycles. The highest BCUT2D eigenvalue weighted by Crippen LogP contribution is 2.72. The predicted molar refractivity (Wildman–Crippen MR) is 169 cm³/mol. The maximum Gasteiger partial charge on any atom is 0.331 e. The normalized spacial score (nSPS) is 42.9. The molecule has 0 aromatic heterocycles. The number of carboxylic acids is 1. The smallest absolute Gasteiger partial charge is 0.331 e. The molecule has 9 atom stereocenters. The second-order valence-electron chi connectivity index (χ2n) is 16.8. The van der Waals surface area contributed by atoms with E-state index < -0.39 is 29.6 Å². The molecule has 0 amide bonds. The number of hydrogen-bond donors (Lipinski definition) is 2. The van der Waals surface area contributed by atoms with Gasteiger partial charge < -0.3 is 14.9 Å². The minimum Gasteiger partial charge on any atom is -0.481 e. The predicted octanol–water partition coefficient (Wildman–Crippen LogP) is 8.08. The third kappa shape index (κ3) is 4.75. The van der Waals surface area contributed by atoms with E-state index in [9.17, 15) is 19.8 Å². The number of ether oxygens (including phenoxy) is 1. The Morgan fingerprint density at radius 1 is 0.860 bits per heavy atom. The molecule has 0 unspecified atom stereocenters. The Kier molecular flexibility index (Phi) is 7.35. The molecule has 43 heavy (non-hydrogen) atoms. The summed E-state index contributed by atoms with van der Waals surface area (Å²) < 4.78 is 6.05. The zero-order valence-corrected chi connectivity index (χ0v) is 27.1. The highest BCUT2D eigenvalue weighted by atomic mass is 16.6. The fraction of sp³-hybridized carbons (Fsp3) is 0.684. The minimum atomic E-state index is -0.733. The van der Waals surface area contributed by atoms with Crippen molar-refractivity contribution in [1.29, 1.82) is 0 Å². The van der Waals surface area contributed by atoms with Gasteiger partial charge in [0.15, 0.2) is 0 Å². The molecule has 6 rings (SSSR count). The summed E-state index contributed by atoms with van der Waals surface area (Å²) in [5.74, 6) is 0.223. The lowest BCUT2D eigenvalue weighted by atomic mass is 9.37. The molecule has 4 saturated carbocycles. The van der Waals surface area contributed by atoms with Crippen LogP contribution in [0.3, 0.4) is 0 Å². The Morgan fingerprint density at radius 2 is 1.58 bits per heavy atom. The van der Waals surface area contributed by atoms with Gasteiger partial charge in [-0.15, -0.1) is 0 Å². The maximum absolute atomic E-state index is 13.0. The van der Waals surface area contributed by atoms with Gasteiger partial charge in [-0.2, -0.15) is 0 Å². The molecule has 2 N–H and O–H groups in total. The highest BCUT2D eigenvalue weighted by Gasteiger charge is 2.67. The molecule has 4 fully saturated rings. The Bertz CT molecular complexity index is 1320. The first-order chi connectivity index (χ1) is 20.1. The van der Waals surface area contributed by atoms with Crippen LogP contribution < -0.4 is 0 Å². The largest absolute Gasteiger partial charge is 0.481 e. The van der Waals surface area contributed by atoms with Gasteiger partial charge in [0.05, 0.1) is 11.5 Å². The monoisotopic (exact) mass is 588 g/mol. The van der Waals surface area contributed by atoms with Gasteiger partial charge in [0.25, 0.3) is 0 Å². The molecular formula is C38H52O5. The van der Waals surface area contributed by atoms with Gasteiger partial charge in [-0.1, -0.05) is 83.5 Å². The van der Waals surface area contributed by atoms with Crippen LogP contribution in [-0.2, 0) is 14.3 Å². The quantitative estimate of drug-likeness (QED) is 0.211. The van der Waals surface area contributed by atoms with Crippen LogP contribution in [0.2, 0.25) is 0 Å². The Balaban J connectivity index is 1.27. The molecule has 234 valence electrons. The molecular weight excluding hydrogens is 536 g/mol. The van der Waals surface area contributed by atoms with E-state index in [2.05, 4.69) is 47.6 Å². The zero-order chi connectivity index (χ0) is 31.0. The summed E-state index contributed by atoms with van der Waals surface area (Å²) in [7, 11) is 0. The Morgan fingerprint density at radius 3 is 2.28 bits per heavy atom. The van der Waals surface area contributed by atoms with Gasteiger partial charge in [0.1, 0.15) is 6.10 Å². The van der Waals surface area contributed by atoms with Crippen molar-refractivity contribution in [2.24, 2.45) is 50.7 Å². The number of fused-ring (bicyclic) bond motifs is 7. The molecule has 0 radical (unpaired) electrons. The summed E-state index contributed by atoms with van der Waals surface area (Å²) in [6.45, 7) is 13.9. The average Bonchev–Trinajstić information content (AvgIpc) is 2.93. The number of esters is 1. The molecule has 5 heteroatoms. The lowest BCUT2D eigenvalue weighted by Crippen LogP contribution is -2.65. The van der Waals surface area contributed by atoms with Crippen LogP contribution in [-0.4, -0.2) is 34.4 Å². The number of aliphatic hydroxyl groups excluding tert-OH is 1. The summed E-state index contributed by atoms with van der Waals surface area (Å²) in [5.41, 5.74) is 1.51. The number of hydrogen-bond acceptors (Lipinski definition) is 4. The Hall–Kier alpha value is -2.40. The van der Waals surface area contributed by atoms with Gasteiger partial charge in [-0.3, -0.25) is 4.79 Å². The number of carbonyl (C=O) groups excluding carboxylic acids is 1. The third-order valence-corrected chi connectivity index (χ3v) is 13.6. The number of rotatable bonds is 4. The van der Waals surface area contributed by atoms with Crippen molar-refractivity contribution in [3.05, 3.63) is 53.6 Å². The standard InChI is InChI=1S/C38H52O5/c1-34(2)20-21-38(33(41)42)19-16-26-25(27(38)22-34)13-14-30-36(26,5)18-17-29-35(3,4)32(28(39)23-37(29,30)6)43-31(40)15-12-24-10-8-7-9-11-24/h7-13,15,26-30,32,39H,14,16-23H2,1-6H3,(H,41,42)/b15-12+/t26-,27-,28-,29+,30+,32+,36-,37+,38-/m0/s1. The van der Waals surface area contributed by atoms with Gasteiger partial charge in [0.2, 0.25) is 0 Å². The fourth-order valence-electron chi connectivity index (χ4n) is 11.5. The lowest BCUT2D eigenvalue weighted by molar-refractivity contribution is -0.229. The number of aliphatic hydroxyl groups is 1. The molecule has 1 aromatic rings. The SMILES string of the molecule is CC1(C)CC[C@@]2(C(=O)O)CC[C@H]3C(=CC[C@H]4[C@]5(C)C[C@H](O)[C@@H](OC(=O)/C=C/c6ccccc6)C(C)(C)[C@H]5CC[C@]43C)[C@@H]2C1. The van der Waals surface area contributed by atoms with Crippen molar-refractivity contribution in [3.63, 3.8) is 0 Å². The zero-order valence-electron chi connectivity index (χ0n) is 27.1. The van der Waals surface area contributed by atoms with Crippen molar-refractivity contribution < 1.29 is 24.5 Å². The van der Waals surface area contributed by atoms with Crippen LogP contribution in [0.1, 0.15) is 105 Å². The van der Waals surface area contributed by atoms with E-state index >= 15 is 0 Å². The van der Waals surface area contributed by atoms with E-state index in [0.29, 0.717) is 24.2 Å². The number of carboxylic acid groups (broad SMARTS) is 1. The van der Waals surface area contributed by atoms with Crippen LogP contribution in [0, 0.1) is 50.7 Å². The molecule has 0 saturated heterocycles. The first-order valence-electron chi connectivity index (χ1n) is 16.7. The molecule has 5 aliphatic rings. The summed E-state index contributed by atoms with van der Waals surface area (Å²) in [4.78, 5) is 25.8. The minimum absolute atomic E-state index is 0.0688. The lowest BCUT2D eigenvalue weighted by Gasteiger charge is -2.68. The second kappa shape index (κ2) is 10.3. The van der Waals surface area contributed by atoms with Crippen LogP contribution in [0.4, 0.5) is 0 Å². The van der Waals surface area contributed by atoms with E-state index in [1.807, 2.05) is 30.3 Å². The first kappa shape index (κ1) is 30.6. The van der Waals surface area contributed by atoms with E-state index in [1.165, 1.54) is 11.6 Å². The molecule has 0 spiro atoms. The molecule has 0 bridgehead atoms. The number of allylic oxidation sites excluding steroid dienone is 2. The summed E-state index contributed by atoms with van der Waals surface area (Å²) in [5, 5.41) is 22.2. The average molecular weight is 589 g/mol. The van der Waals surface area contributed by atoms with E-state index in [1.54, 1.807) is 6.08 Å². The molecule has 0 heterocycles. The summed E-state index contributed by atoms with van der Waals surface area (Å²) in [6, 6.07) is 9.71. The summed E-state index contributed by atoms with van der Waals surface area (Å²) in [6.07, 6.45) is 12.5. The third-order valence-electron chi connectivity index (χ3n) is 13.6.